The molecule has 6 heteroatoms. The highest BCUT2D eigenvalue weighted by atomic mass is 19.1. The van der Waals surface area contributed by atoms with Crippen molar-refractivity contribution < 1.29 is 9.18 Å². The third-order valence-electron chi connectivity index (χ3n) is 5.32. The van der Waals surface area contributed by atoms with E-state index in [1.54, 1.807) is 12.1 Å². The highest BCUT2D eigenvalue weighted by Gasteiger charge is 2.23. The molecule has 1 unspecified atom stereocenters. The van der Waals surface area contributed by atoms with Crippen LogP contribution in [-0.4, -0.2) is 35.2 Å². The maximum atomic E-state index is 13.1. The zero-order valence-electron chi connectivity index (χ0n) is 16.5. The number of rotatable bonds is 5. The molecule has 1 aliphatic heterocycles. The molecule has 4 rings (SSSR count). The minimum Gasteiger partial charge on any atom is -0.353 e. The Hall–Kier alpha value is -3.15. The van der Waals surface area contributed by atoms with Crippen molar-refractivity contribution in [2.75, 3.05) is 18.0 Å². The molecule has 29 heavy (non-hydrogen) atoms. The number of hydrogen-bond donors (Lipinski definition) is 2. The molecule has 1 aromatic heterocycles. The van der Waals surface area contributed by atoms with Crippen LogP contribution in [0.4, 0.5) is 10.2 Å². The first-order valence-electron chi connectivity index (χ1n) is 9.98. The van der Waals surface area contributed by atoms with E-state index < -0.39 is 0 Å². The van der Waals surface area contributed by atoms with Gasteiger partial charge in [-0.15, -0.1) is 0 Å². The summed E-state index contributed by atoms with van der Waals surface area (Å²) in [5, 5.41) is 10.6. The second kappa shape index (κ2) is 8.47. The molecule has 5 nitrogen and oxygen atoms in total. The molecular weight excluding hydrogens is 367 g/mol. The van der Waals surface area contributed by atoms with E-state index in [-0.39, 0.29) is 17.8 Å². The Kier molecular flexibility index (Phi) is 5.60. The largest absolute Gasteiger partial charge is 0.353 e. The van der Waals surface area contributed by atoms with E-state index >= 15 is 0 Å². The van der Waals surface area contributed by atoms with Crippen LogP contribution in [0.3, 0.4) is 0 Å². The summed E-state index contributed by atoms with van der Waals surface area (Å²) in [6, 6.07) is 16.5. The maximum Gasteiger partial charge on any atom is 0.224 e. The Morgan fingerprint density at radius 2 is 1.97 bits per heavy atom. The Morgan fingerprint density at radius 3 is 2.72 bits per heavy atom. The zero-order chi connectivity index (χ0) is 20.2. The molecule has 0 bridgehead atoms. The lowest BCUT2D eigenvalue weighted by Crippen LogP contribution is -2.48. The zero-order valence-corrected chi connectivity index (χ0v) is 16.5. The topological polar surface area (TPSA) is 61.0 Å². The van der Waals surface area contributed by atoms with Crippen molar-refractivity contribution in [3.8, 4) is 11.3 Å². The minimum absolute atomic E-state index is 0.0507. The molecule has 0 spiro atoms. The number of benzene rings is 2. The molecular formula is C23H25FN4O. The average molecular weight is 392 g/mol. The Morgan fingerprint density at radius 1 is 1.21 bits per heavy atom. The number of nitrogens with zero attached hydrogens (tertiary/aromatic N) is 2. The predicted molar refractivity (Wildman–Crippen MR) is 112 cm³/mol. The van der Waals surface area contributed by atoms with Gasteiger partial charge in [-0.2, -0.15) is 5.10 Å². The maximum absolute atomic E-state index is 13.1. The van der Waals surface area contributed by atoms with Crippen molar-refractivity contribution in [1.82, 2.24) is 15.5 Å². The molecule has 2 N–H and O–H groups in total. The quantitative estimate of drug-likeness (QED) is 0.693. The van der Waals surface area contributed by atoms with E-state index in [1.165, 1.54) is 17.7 Å². The van der Waals surface area contributed by atoms with E-state index in [2.05, 4.69) is 20.4 Å². The summed E-state index contributed by atoms with van der Waals surface area (Å²) >= 11 is 0. The summed E-state index contributed by atoms with van der Waals surface area (Å²) < 4.78 is 13.1. The number of carbonyl (C=O) groups is 1. The molecule has 3 aromatic rings. The highest BCUT2D eigenvalue weighted by molar-refractivity contribution is 5.79. The van der Waals surface area contributed by atoms with Crippen LogP contribution in [-0.2, 0) is 11.2 Å². The van der Waals surface area contributed by atoms with E-state index in [0.29, 0.717) is 6.42 Å². The molecule has 2 aromatic carbocycles. The molecule has 0 radical (unpaired) electrons. The summed E-state index contributed by atoms with van der Waals surface area (Å²) in [7, 11) is 0. The number of aromatic amines is 1. The number of aryl methyl sites for hydroxylation is 1. The van der Waals surface area contributed by atoms with E-state index in [1.807, 2.05) is 37.3 Å². The van der Waals surface area contributed by atoms with Gasteiger partial charge in [0.2, 0.25) is 5.91 Å². The number of nitrogens with one attached hydrogen (secondary N) is 2. The van der Waals surface area contributed by atoms with Gasteiger partial charge in [-0.1, -0.05) is 29.8 Å². The average Bonchev–Trinajstić information content (AvgIpc) is 3.21. The monoisotopic (exact) mass is 392 g/mol. The van der Waals surface area contributed by atoms with Gasteiger partial charge in [-0.25, -0.2) is 4.39 Å². The number of piperidine rings is 1. The fourth-order valence-corrected chi connectivity index (χ4v) is 3.72. The third-order valence-corrected chi connectivity index (χ3v) is 5.32. The van der Waals surface area contributed by atoms with Crippen LogP contribution in [0.2, 0.25) is 0 Å². The van der Waals surface area contributed by atoms with Gasteiger partial charge < -0.3 is 10.2 Å². The predicted octanol–water partition coefficient (Wildman–Crippen LogP) is 3.85. The molecule has 1 saturated heterocycles. The second-order valence-corrected chi connectivity index (χ2v) is 7.66. The number of H-pyrrole nitrogens is 1. The van der Waals surface area contributed by atoms with E-state index in [9.17, 15) is 9.18 Å². The summed E-state index contributed by atoms with van der Waals surface area (Å²) in [4.78, 5) is 14.6. The van der Waals surface area contributed by atoms with Gasteiger partial charge in [-0.3, -0.25) is 9.89 Å². The molecule has 1 amide bonds. The van der Waals surface area contributed by atoms with E-state index in [4.69, 9.17) is 0 Å². The van der Waals surface area contributed by atoms with Crippen molar-refractivity contribution in [1.29, 1.82) is 0 Å². The van der Waals surface area contributed by atoms with Gasteiger partial charge in [0.1, 0.15) is 5.82 Å². The number of amides is 1. The van der Waals surface area contributed by atoms with Crippen molar-refractivity contribution in [2.45, 2.75) is 32.2 Å². The lowest BCUT2D eigenvalue weighted by Gasteiger charge is -2.33. The molecule has 1 aliphatic rings. The van der Waals surface area contributed by atoms with Crippen molar-refractivity contribution >= 4 is 11.7 Å². The Labute approximate surface area is 169 Å². The number of hydrogen-bond acceptors (Lipinski definition) is 3. The van der Waals surface area contributed by atoms with Crippen molar-refractivity contribution in [3.63, 3.8) is 0 Å². The molecule has 0 aliphatic carbocycles. The normalized spacial score (nSPS) is 16.6. The SMILES string of the molecule is Cc1ccc(CC(=O)NC2CCCN(c3cc(-c4ccc(F)cc4)[nH]n3)C2)cc1. The van der Waals surface area contributed by atoms with Gasteiger partial charge in [0.15, 0.2) is 5.82 Å². The van der Waals surface area contributed by atoms with Gasteiger partial charge in [0, 0.05) is 25.2 Å². The van der Waals surface area contributed by atoms with Crippen molar-refractivity contribution in [2.24, 2.45) is 0 Å². The first-order chi connectivity index (χ1) is 14.1. The number of anilines is 1. The third kappa shape index (κ3) is 4.83. The second-order valence-electron chi connectivity index (χ2n) is 7.66. The molecule has 150 valence electrons. The summed E-state index contributed by atoms with van der Waals surface area (Å²) in [5.41, 5.74) is 3.96. The minimum atomic E-state index is -0.256. The molecule has 2 heterocycles. The van der Waals surface area contributed by atoms with E-state index in [0.717, 1.165) is 48.6 Å². The van der Waals surface area contributed by atoms with Crippen LogP contribution >= 0.6 is 0 Å². The standard InChI is InChI=1S/C23H25FN4O/c1-16-4-6-17(7-5-16)13-23(29)25-20-3-2-12-28(15-20)22-14-21(26-27-22)18-8-10-19(24)11-9-18/h4-11,14,20H,2-3,12-13,15H2,1H3,(H,25,29)(H,26,27). The van der Waals surface area contributed by atoms with Gasteiger partial charge in [0.25, 0.3) is 0 Å². The molecule has 1 atom stereocenters. The van der Waals surface area contributed by atoms with Crippen LogP contribution < -0.4 is 10.2 Å². The number of halogens is 1. The van der Waals surface area contributed by atoms with Crippen molar-refractivity contribution in [3.05, 3.63) is 71.5 Å². The fraction of sp³-hybridized carbons (Fsp3) is 0.304. The number of carbonyl (C=O) groups excluding carboxylic acids is 1. The fourth-order valence-electron chi connectivity index (χ4n) is 3.72. The van der Waals surface area contributed by atoms with Crippen LogP contribution in [0.1, 0.15) is 24.0 Å². The lowest BCUT2D eigenvalue weighted by atomic mass is 10.0. The first-order valence-corrected chi connectivity index (χ1v) is 9.98. The van der Waals surface area contributed by atoms with Gasteiger partial charge in [-0.05, 0) is 55.2 Å². The molecule has 1 fully saturated rings. The van der Waals surface area contributed by atoms with Gasteiger partial charge in [0.05, 0.1) is 12.1 Å². The smallest absolute Gasteiger partial charge is 0.224 e. The van der Waals surface area contributed by atoms with Crippen LogP contribution in [0.25, 0.3) is 11.3 Å². The Balaban J connectivity index is 1.36. The van der Waals surface area contributed by atoms with Crippen LogP contribution in [0.5, 0.6) is 0 Å². The summed E-state index contributed by atoms with van der Waals surface area (Å²) in [5.74, 6) is 0.644. The lowest BCUT2D eigenvalue weighted by molar-refractivity contribution is -0.121. The first kappa shape index (κ1) is 19.2. The Bertz CT molecular complexity index is 965. The van der Waals surface area contributed by atoms with Gasteiger partial charge >= 0.3 is 0 Å². The summed E-state index contributed by atoms with van der Waals surface area (Å²) in [6.45, 7) is 3.67. The van der Waals surface area contributed by atoms with Crippen LogP contribution in [0, 0.1) is 12.7 Å². The summed E-state index contributed by atoms with van der Waals surface area (Å²) in [6.07, 6.45) is 2.35. The highest BCUT2D eigenvalue weighted by Crippen LogP contribution is 2.24. The van der Waals surface area contributed by atoms with Crippen LogP contribution in [0.15, 0.2) is 54.6 Å². The molecule has 0 saturated carbocycles. The number of aromatic nitrogens is 2.